The van der Waals surface area contributed by atoms with Crippen molar-refractivity contribution in [2.24, 2.45) is 5.10 Å². The number of nitrogens with one attached hydrogen (secondary N) is 2. The van der Waals surface area contributed by atoms with Crippen LogP contribution in [0, 0.1) is 6.92 Å². The zero-order valence-corrected chi connectivity index (χ0v) is 19.2. The van der Waals surface area contributed by atoms with E-state index in [1.807, 2.05) is 42.5 Å². The number of hydrazone groups is 1. The molecule has 0 bridgehead atoms. The van der Waals surface area contributed by atoms with Crippen LogP contribution in [-0.4, -0.2) is 18.0 Å². The fourth-order valence-corrected chi connectivity index (χ4v) is 3.54. The van der Waals surface area contributed by atoms with E-state index in [2.05, 4.69) is 40.1 Å². The highest BCUT2D eigenvalue weighted by Crippen LogP contribution is 2.23. The van der Waals surface area contributed by atoms with Gasteiger partial charge in [0.05, 0.1) is 6.21 Å². The number of carbonyl (C=O) groups is 2. The van der Waals surface area contributed by atoms with E-state index in [1.165, 1.54) is 17.0 Å². The smallest absolute Gasteiger partial charge is 0.329 e. The molecule has 0 heterocycles. The van der Waals surface area contributed by atoms with Crippen molar-refractivity contribution in [1.82, 2.24) is 5.43 Å². The molecular formula is C27H22ClN3O3. The summed E-state index contributed by atoms with van der Waals surface area (Å²) >= 11 is 6.03. The van der Waals surface area contributed by atoms with E-state index < -0.39 is 11.8 Å². The predicted molar refractivity (Wildman–Crippen MR) is 135 cm³/mol. The summed E-state index contributed by atoms with van der Waals surface area (Å²) in [6, 6.07) is 26.7. The molecule has 0 radical (unpaired) electrons. The molecule has 34 heavy (non-hydrogen) atoms. The summed E-state index contributed by atoms with van der Waals surface area (Å²) in [5.41, 5.74) is 5.21. The Bertz CT molecular complexity index is 1360. The molecule has 0 aliphatic carbocycles. The molecule has 0 aliphatic heterocycles. The van der Waals surface area contributed by atoms with Gasteiger partial charge in [-0.1, -0.05) is 60.1 Å². The number of fused-ring (bicyclic) bond motifs is 1. The number of anilines is 1. The lowest BCUT2D eigenvalue weighted by atomic mass is 10.1. The van der Waals surface area contributed by atoms with Gasteiger partial charge in [0.15, 0.2) is 0 Å². The van der Waals surface area contributed by atoms with Gasteiger partial charge in [0.1, 0.15) is 12.4 Å². The Morgan fingerprint density at radius 1 is 0.912 bits per heavy atom. The van der Waals surface area contributed by atoms with Crippen molar-refractivity contribution in [3.8, 4) is 5.75 Å². The van der Waals surface area contributed by atoms with Crippen molar-refractivity contribution in [3.63, 3.8) is 0 Å². The van der Waals surface area contributed by atoms with E-state index in [9.17, 15) is 9.59 Å². The van der Waals surface area contributed by atoms with Crippen LogP contribution in [0.3, 0.4) is 0 Å². The molecular weight excluding hydrogens is 450 g/mol. The summed E-state index contributed by atoms with van der Waals surface area (Å²) in [5.74, 6) is -1.00. The Morgan fingerprint density at radius 2 is 1.65 bits per heavy atom. The average molecular weight is 472 g/mol. The maximum atomic E-state index is 12.1. The second kappa shape index (κ2) is 10.6. The Morgan fingerprint density at radius 3 is 2.47 bits per heavy atom. The highest BCUT2D eigenvalue weighted by Gasteiger charge is 2.14. The Kier molecular flexibility index (Phi) is 7.20. The molecule has 4 aromatic carbocycles. The first-order chi connectivity index (χ1) is 16.5. The molecule has 7 heteroatoms. The van der Waals surface area contributed by atoms with Crippen LogP contribution in [0.2, 0.25) is 5.02 Å². The van der Waals surface area contributed by atoms with Crippen molar-refractivity contribution in [1.29, 1.82) is 0 Å². The minimum atomic E-state index is -0.884. The van der Waals surface area contributed by atoms with Crippen molar-refractivity contribution in [3.05, 3.63) is 107 Å². The number of carbonyl (C=O) groups excluding carboxylic acids is 2. The Labute approximate surface area is 202 Å². The van der Waals surface area contributed by atoms with Gasteiger partial charge in [0.2, 0.25) is 0 Å². The van der Waals surface area contributed by atoms with Crippen LogP contribution in [-0.2, 0) is 16.2 Å². The summed E-state index contributed by atoms with van der Waals surface area (Å²) in [6.07, 6.45) is 1.45. The van der Waals surface area contributed by atoms with E-state index >= 15 is 0 Å². The topological polar surface area (TPSA) is 79.8 Å². The lowest BCUT2D eigenvalue weighted by Gasteiger charge is -2.09. The van der Waals surface area contributed by atoms with Gasteiger partial charge >= 0.3 is 11.8 Å². The molecule has 6 nitrogen and oxygen atoms in total. The molecule has 4 aromatic rings. The molecule has 0 unspecified atom stereocenters. The zero-order valence-electron chi connectivity index (χ0n) is 18.4. The van der Waals surface area contributed by atoms with Crippen LogP contribution in [0.25, 0.3) is 10.8 Å². The van der Waals surface area contributed by atoms with Gasteiger partial charge in [-0.15, -0.1) is 0 Å². The highest BCUT2D eigenvalue weighted by molar-refractivity contribution is 6.40. The summed E-state index contributed by atoms with van der Waals surface area (Å²) in [6.45, 7) is 2.20. The third-order valence-electron chi connectivity index (χ3n) is 5.26. The Hall–Kier alpha value is -4.16. The van der Waals surface area contributed by atoms with Crippen LogP contribution < -0.4 is 15.5 Å². The first-order valence-corrected chi connectivity index (χ1v) is 11.0. The normalized spacial score (nSPS) is 10.9. The van der Waals surface area contributed by atoms with Gasteiger partial charge in [-0.3, -0.25) is 9.59 Å². The molecule has 0 aromatic heterocycles. The van der Waals surface area contributed by atoms with Crippen LogP contribution in [0.1, 0.15) is 16.7 Å². The first-order valence-electron chi connectivity index (χ1n) is 10.6. The lowest BCUT2D eigenvalue weighted by Crippen LogP contribution is -2.32. The number of amides is 2. The quantitative estimate of drug-likeness (QED) is 0.222. The molecule has 170 valence electrons. The highest BCUT2D eigenvalue weighted by atomic mass is 35.5. The van der Waals surface area contributed by atoms with Gasteiger partial charge in [0.25, 0.3) is 0 Å². The fourth-order valence-electron chi connectivity index (χ4n) is 3.37. The van der Waals surface area contributed by atoms with Crippen molar-refractivity contribution in [2.45, 2.75) is 13.5 Å². The second-order valence-corrected chi connectivity index (χ2v) is 7.97. The van der Waals surface area contributed by atoms with Gasteiger partial charge in [-0.05, 0) is 70.8 Å². The molecule has 0 fully saturated rings. The monoisotopic (exact) mass is 471 g/mol. The summed E-state index contributed by atoms with van der Waals surface area (Å²) < 4.78 is 5.93. The standard InChI is InChI=1S/C27H22ClN3O3/c1-18-24(28)10-5-11-25(18)30-26(32)27(33)31-29-16-19-12-14-22(15-13-19)34-17-21-8-4-7-20-6-2-3-9-23(20)21/h2-16H,17H2,1H3,(H,30,32)(H,31,33)/b29-16+. The van der Waals surface area contributed by atoms with Crippen molar-refractivity contribution in [2.75, 3.05) is 5.32 Å². The molecule has 0 spiro atoms. The van der Waals surface area contributed by atoms with Gasteiger partial charge < -0.3 is 10.1 Å². The van der Waals surface area contributed by atoms with Crippen LogP contribution in [0.15, 0.2) is 90.0 Å². The molecule has 2 N–H and O–H groups in total. The minimum Gasteiger partial charge on any atom is -0.489 e. The van der Waals surface area contributed by atoms with Crippen LogP contribution >= 0.6 is 11.6 Å². The minimum absolute atomic E-state index is 0.450. The largest absolute Gasteiger partial charge is 0.489 e. The molecule has 0 atom stereocenters. The number of hydrogen-bond donors (Lipinski definition) is 2. The van der Waals surface area contributed by atoms with Gasteiger partial charge in [-0.2, -0.15) is 5.10 Å². The number of nitrogens with zero attached hydrogens (tertiary/aromatic N) is 1. The number of hydrogen-bond acceptors (Lipinski definition) is 4. The summed E-state index contributed by atoms with van der Waals surface area (Å²) in [4.78, 5) is 24.1. The third-order valence-corrected chi connectivity index (χ3v) is 5.67. The fraction of sp³-hybridized carbons (Fsp3) is 0.0741. The molecule has 2 amide bonds. The van der Waals surface area contributed by atoms with Gasteiger partial charge in [-0.25, -0.2) is 5.43 Å². The molecule has 0 aliphatic rings. The Balaban J connectivity index is 1.30. The molecule has 4 rings (SSSR count). The van der Waals surface area contributed by atoms with E-state index in [4.69, 9.17) is 16.3 Å². The summed E-state index contributed by atoms with van der Waals surface area (Å²) in [7, 11) is 0. The number of rotatable bonds is 6. The van der Waals surface area contributed by atoms with Crippen LogP contribution in [0.4, 0.5) is 5.69 Å². The second-order valence-electron chi connectivity index (χ2n) is 7.56. The molecule has 0 saturated heterocycles. The maximum Gasteiger partial charge on any atom is 0.329 e. The van der Waals surface area contributed by atoms with E-state index in [0.717, 1.165) is 11.1 Å². The van der Waals surface area contributed by atoms with Crippen molar-refractivity contribution < 1.29 is 14.3 Å². The predicted octanol–water partition coefficient (Wildman–Crippen LogP) is 5.47. The SMILES string of the molecule is Cc1c(Cl)cccc1NC(=O)C(=O)N/N=C/c1ccc(OCc2cccc3ccccc23)cc1. The third kappa shape index (κ3) is 5.60. The first kappa shape index (κ1) is 23.0. The number of benzene rings is 4. The number of halogens is 1. The van der Waals surface area contributed by atoms with Crippen molar-refractivity contribution >= 4 is 46.1 Å². The average Bonchev–Trinajstić information content (AvgIpc) is 2.86. The molecule has 0 saturated carbocycles. The van der Waals surface area contributed by atoms with Crippen LogP contribution in [0.5, 0.6) is 5.75 Å². The van der Waals surface area contributed by atoms with Gasteiger partial charge in [0, 0.05) is 10.7 Å². The lowest BCUT2D eigenvalue weighted by molar-refractivity contribution is -0.136. The van der Waals surface area contributed by atoms with E-state index in [1.54, 1.807) is 25.1 Å². The zero-order chi connectivity index (χ0) is 23.9. The van der Waals surface area contributed by atoms with E-state index in [-0.39, 0.29) is 0 Å². The summed E-state index contributed by atoms with van der Waals surface area (Å²) in [5, 5.41) is 9.21. The maximum absolute atomic E-state index is 12.1. The van der Waals surface area contributed by atoms with E-state index in [0.29, 0.717) is 28.6 Å². The number of ether oxygens (including phenoxy) is 1.